The molecule has 90 valence electrons. The fourth-order valence-corrected chi connectivity index (χ4v) is 3.47. The third kappa shape index (κ3) is 2.77. The molecule has 1 aliphatic rings. The van der Waals surface area contributed by atoms with E-state index in [0.29, 0.717) is 12.1 Å². The van der Waals surface area contributed by atoms with E-state index in [1.807, 2.05) is 6.07 Å². The number of hydrogen-bond donors (Lipinski definition) is 1. The minimum absolute atomic E-state index is 0.494. The topological polar surface area (TPSA) is 15.3 Å². The lowest BCUT2D eigenvalue weighted by Gasteiger charge is -2.36. The molecule has 1 aliphatic heterocycles. The Morgan fingerprint density at radius 1 is 1.56 bits per heavy atom. The Bertz CT molecular complexity index is 340. The van der Waals surface area contributed by atoms with Crippen molar-refractivity contribution in [3.63, 3.8) is 0 Å². The van der Waals surface area contributed by atoms with E-state index in [0.717, 1.165) is 10.9 Å². The highest BCUT2D eigenvalue weighted by atomic mass is 35.5. The van der Waals surface area contributed by atoms with Gasteiger partial charge >= 0.3 is 0 Å². The zero-order valence-electron chi connectivity index (χ0n) is 9.87. The Morgan fingerprint density at radius 2 is 2.38 bits per heavy atom. The van der Waals surface area contributed by atoms with Crippen LogP contribution in [0.2, 0.25) is 4.34 Å². The van der Waals surface area contributed by atoms with Gasteiger partial charge in [-0.05, 0) is 45.5 Å². The summed E-state index contributed by atoms with van der Waals surface area (Å²) in [7, 11) is 2.06. The molecule has 0 spiro atoms. The molecule has 1 aromatic heterocycles. The molecular formula is C12H19ClN2S. The summed E-state index contributed by atoms with van der Waals surface area (Å²) in [5.74, 6) is 0. The third-order valence-corrected chi connectivity index (χ3v) is 4.82. The molecule has 2 unspecified atom stereocenters. The first-order chi connectivity index (χ1) is 7.70. The number of halogens is 1. The number of nitrogens with zero attached hydrogens (tertiary/aromatic N) is 1. The van der Waals surface area contributed by atoms with Gasteiger partial charge in [0.15, 0.2) is 0 Å². The summed E-state index contributed by atoms with van der Waals surface area (Å²) >= 11 is 7.69. The second-order valence-corrected chi connectivity index (χ2v) is 6.19. The number of likely N-dealkylation sites (tertiary alicyclic amines) is 1. The number of rotatable bonds is 3. The van der Waals surface area contributed by atoms with Crippen molar-refractivity contribution < 1.29 is 0 Å². The molecule has 4 heteroatoms. The van der Waals surface area contributed by atoms with E-state index in [4.69, 9.17) is 11.6 Å². The van der Waals surface area contributed by atoms with E-state index in [-0.39, 0.29) is 0 Å². The molecule has 0 amide bonds. The predicted molar refractivity (Wildman–Crippen MR) is 71.4 cm³/mol. The van der Waals surface area contributed by atoms with Crippen molar-refractivity contribution in [2.45, 2.75) is 31.8 Å². The molecule has 1 fully saturated rings. The van der Waals surface area contributed by atoms with Crippen LogP contribution in [0, 0.1) is 0 Å². The van der Waals surface area contributed by atoms with Gasteiger partial charge in [-0.2, -0.15) is 0 Å². The Morgan fingerprint density at radius 3 is 3.00 bits per heavy atom. The summed E-state index contributed by atoms with van der Waals surface area (Å²) < 4.78 is 0.893. The monoisotopic (exact) mass is 258 g/mol. The second kappa shape index (κ2) is 5.50. The minimum Gasteiger partial charge on any atom is -0.316 e. The van der Waals surface area contributed by atoms with Gasteiger partial charge < -0.3 is 5.32 Å². The molecule has 2 nitrogen and oxygen atoms in total. The number of hydrogen-bond acceptors (Lipinski definition) is 3. The van der Waals surface area contributed by atoms with Crippen molar-refractivity contribution in [1.82, 2.24) is 10.2 Å². The fraction of sp³-hybridized carbons (Fsp3) is 0.667. The Labute approximate surface area is 107 Å². The van der Waals surface area contributed by atoms with Crippen LogP contribution in [0.5, 0.6) is 0 Å². The van der Waals surface area contributed by atoms with Crippen molar-refractivity contribution in [3.05, 3.63) is 21.3 Å². The number of piperidine rings is 1. The average Bonchev–Trinajstić information content (AvgIpc) is 2.75. The molecule has 0 saturated carbocycles. The molecule has 0 aromatic carbocycles. The number of thiophene rings is 1. The lowest BCUT2D eigenvalue weighted by atomic mass is 10.0. The van der Waals surface area contributed by atoms with Crippen LogP contribution >= 0.6 is 22.9 Å². The average molecular weight is 259 g/mol. The molecule has 1 aromatic rings. The predicted octanol–water partition coefficient (Wildman–Crippen LogP) is 3.15. The SMILES string of the molecule is CNC1CCCN(C(C)c2ccc(Cl)s2)C1. The summed E-state index contributed by atoms with van der Waals surface area (Å²) in [6.07, 6.45) is 2.58. The summed E-state index contributed by atoms with van der Waals surface area (Å²) in [6, 6.07) is 5.29. The zero-order valence-corrected chi connectivity index (χ0v) is 11.4. The number of likely N-dealkylation sites (N-methyl/N-ethyl adjacent to an activating group) is 1. The van der Waals surface area contributed by atoms with Crippen LogP contribution in [0.3, 0.4) is 0 Å². The molecule has 0 bridgehead atoms. The van der Waals surface area contributed by atoms with Crippen LogP contribution in [0.25, 0.3) is 0 Å². The van der Waals surface area contributed by atoms with Crippen LogP contribution < -0.4 is 5.32 Å². The first-order valence-corrected chi connectivity index (χ1v) is 7.06. The van der Waals surface area contributed by atoms with E-state index in [1.165, 1.54) is 24.3 Å². The highest BCUT2D eigenvalue weighted by Crippen LogP contribution is 2.31. The summed E-state index contributed by atoms with van der Waals surface area (Å²) in [4.78, 5) is 3.93. The van der Waals surface area contributed by atoms with Gasteiger partial charge in [-0.25, -0.2) is 0 Å². The second-order valence-electron chi connectivity index (χ2n) is 4.44. The van der Waals surface area contributed by atoms with Crippen molar-refractivity contribution >= 4 is 22.9 Å². The fourth-order valence-electron chi connectivity index (χ4n) is 2.33. The molecular weight excluding hydrogens is 240 g/mol. The van der Waals surface area contributed by atoms with Crippen molar-refractivity contribution in [3.8, 4) is 0 Å². The maximum atomic E-state index is 5.99. The molecule has 16 heavy (non-hydrogen) atoms. The highest BCUT2D eigenvalue weighted by Gasteiger charge is 2.24. The molecule has 0 radical (unpaired) electrons. The van der Waals surface area contributed by atoms with Crippen LogP contribution in [-0.4, -0.2) is 31.1 Å². The van der Waals surface area contributed by atoms with Crippen LogP contribution in [0.15, 0.2) is 12.1 Å². The standard InChI is InChI=1S/C12H19ClN2S/c1-9(11-5-6-12(13)16-11)15-7-3-4-10(8-15)14-2/h5-6,9-10,14H,3-4,7-8H2,1-2H3. The molecule has 2 heterocycles. The molecule has 2 rings (SSSR count). The normalized spacial score (nSPS) is 24.6. The summed E-state index contributed by atoms with van der Waals surface area (Å²) in [5, 5.41) is 3.38. The molecule has 1 saturated heterocycles. The van der Waals surface area contributed by atoms with Gasteiger partial charge in [0, 0.05) is 23.5 Å². The molecule has 0 aliphatic carbocycles. The van der Waals surface area contributed by atoms with E-state index in [2.05, 4.69) is 30.3 Å². The lowest BCUT2D eigenvalue weighted by molar-refractivity contribution is 0.151. The molecule has 1 N–H and O–H groups in total. The van der Waals surface area contributed by atoms with Crippen molar-refractivity contribution in [2.24, 2.45) is 0 Å². The van der Waals surface area contributed by atoms with Crippen molar-refractivity contribution in [1.29, 1.82) is 0 Å². The smallest absolute Gasteiger partial charge is 0.0931 e. The number of nitrogens with one attached hydrogen (secondary N) is 1. The Kier molecular flexibility index (Phi) is 4.25. The largest absolute Gasteiger partial charge is 0.316 e. The maximum absolute atomic E-state index is 5.99. The van der Waals surface area contributed by atoms with Gasteiger partial charge in [0.1, 0.15) is 0 Å². The van der Waals surface area contributed by atoms with Gasteiger partial charge in [0.2, 0.25) is 0 Å². The van der Waals surface area contributed by atoms with E-state index >= 15 is 0 Å². The van der Waals surface area contributed by atoms with Gasteiger partial charge in [0.05, 0.1) is 4.34 Å². The first kappa shape index (κ1) is 12.4. The zero-order chi connectivity index (χ0) is 11.5. The van der Waals surface area contributed by atoms with Gasteiger partial charge in [-0.15, -0.1) is 11.3 Å². The van der Waals surface area contributed by atoms with Gasteiger partial charge in [0.25, 0.3) is 0 Å². The Balaban J connectivity index is 2.01. The lowest BCUT2D eigenvalue weighted by Crippen LogP contribution is -2.45. The Hall–Kier alpha value is -0.0900. The van der Waals surface area contributed by atoms with E-state index in [1.54, 1.807) is 11.3 Å². The van der Waals surface area contributed by atoms with Crippen LogP contribution in [0.1, 0.15) is 30.7 Å². The summed E-state index contributed by atoms with van der Waals surface area (Å²) in [6.45, 7) is 4.63. The molecule has 2 atom stereocenters. The van der Waals surface area contributed by atoms with Crippen molar-refractivity contribution in [2.75, 3.05) is 20.1 Å². The minimum atomic E-state index is 0.494. The van der Waals surface area contributed by atoms with E-state index in [9.17, 15) is 0 Å². The summed E-state index contributed by atoms with van der Waals surface area (Å²) in [5.41, 5.74) is 0. The van der Waals surface area contributed by atoms with E-state index < -0.39 is 0 Å². The van der Waals surface area contributed by atoms with Crippen LogP contribution in [0.4, 0.5) is 0 Å². The maximum Gasteiger partial charge on any atom is 0.0931 e. The highest BCUT2D eigenvalue weighted by molar-refractivity contribution is 7.16. The van der Waals surface area contributed by atoms with Gasteiger partial charge in [-0.1, -0.05) is 11.6 Å². The van der Waals surface area contributed by atoms with Crippen LogP contribution in [-0.2, 0) is 0 Å². The quantitative estimate of drug-likeness (QED) is 0.896. The third-order valence-electron chi connectivity index (χ3n) is 3.41. The van der Waals surface area contributed by atoms with Gasteiger partial charge in [-0.3, -0.25) is 4.90 Å². The first-order valence-electron chi connectivity index (χ1n) is 5.87.